The fourth-order valence-corrected chi connectivity index (χ4v) is 1.46. The van der Waals surface area contributed by atoms with Crippen molar-refractivity contribution in [2.24, 2.45) is 5.92 Å². The first-order chi connectivity index (χ1) is 7.22. The van der Waals surface area contributed by atoms with Gasteiger partial charge in [-0.1, -0.05) is 13.0 Å². The number of hydrogen-bond donors (Lipinski definition) is 1. The van der Waals surface area contributed by atoms with Gasteiger partial charge in [-0.2, -0.15) is 0 Å². The van der Waals surface area contributed by atoms with Crippen LogP contribution in [-0.2, 0) is 4.79 Å². The monoisotopic (exact) mass is 207 g/mol. The number of carbonyl (C=O) groups is 1. The van der Waals surface area contributed by atoms with Crippen molar-refractivity contribution in [3.63, 3.8) is 0 Å². The molecule has 0 aliphatic carbocycles. The van der Waals surface area contributed by atoms with E-state index in [1.807, 2.05) is 13.0 Å². The smallest absolute Gasteiger partial charge is 0.230 e. The number of anilines is 1. The van der Waals surface area contributed by atoms with Crippen molar-refractivity contribution in [2.45, 2.75) is 6.92 Å². The highest BCUT2D eigenvalue weighted by Gasteiger charge is 2.22. The van der Waals surface area contributed by atoms with Crippen molar-refractivity contribution in [3.8, 4) is 11.5 Å². The highest BCUT2D eigenvalue weighted by molar-refractivity contribution is 5.95. The molecule has 0 aromatic heterocycles. The molecule has 1 amide bonds. The van der Waals surface area contributed by atoms with Crippen LogP contribution >= 0.6 is 0 Å². The molecule has 15 heavy (non-hydrogen) atoms. The first kappa shape index (κ1) is 9.83. The molecule has 1 aromatic carbocycles. The second kappa shape index (κ2) is 3.81. The van der Waals surface area contributed by atoms with Crippen molar-refractivity contribution >= 4 is 11.6 Å². The topological polar surface area (TPSA) is 47.6 Å². The summed E-state index contributed by atoms with van der Waals surface area (Å²) in [6, 6.07) is 5.42. The number of ether oxygens (including phenoxy) is 2. The van der Waals surface area contributed by atoms with Gasteiger partial charge in [0, 0.05) is 0 Å². The van der Waals surface area contributed by atoms with E-state index in [1.54, 1.807) is 19.2 Å². The fourth-order valence-electron chi connectivity index (χ4n) is 1.46. The van der Waals surface area contributed by atoms with Gasteiger partial charge >= 0.3 is 0 Å². The largest absolute Gasteiger partial charge is 0.493 e. The van der Waals surface area contributed by atoms with Gasteiger partial charge in [-0.05, 0) is 12.1 Å². The van der Waals surface area contributed by atoms with Gasteiger partial charge in [0.25, 0.3) is 0 Å². The van der Waals surface area contributed by atoms with Crippen molar-refractivity contribution in [1.82, 2.24) is 0 Å². The third-order valence-corrected chi connectivity index (χ3v) is 2.38. The Hall–Kier alpha value is -1.71. The molecular formula is C11H13NO3. The Kier molecular flexibility index (Phi) is 2.49. The molecule has 4 nitrogen and oxygen atoms in total. The van der Waals surface area contributed by atoms with Crippen molar-refractivity contribution in [2.75, 3.05) is 19.0 Å². The summed E-state index contributed by atoms with van der Waals surface area (Å²) in [7, 11) is 1.58. The van der Waals surface area contributed by atoms with E-state index in [4.69, 9.17) is 9.47 Å². The minimum Gasteiger partial charge on any atom is -0.493 e. The Morgan fingerprint density at radius 2 is 2.33 bits per heavy atom. The minimum atomic E-state index is -0.151. The maximum Gasteiger partial charge on any atom is 0.230 e. The summed E-state index contributed by atoms with van der Waals surface area (Å²) >= 11 is 0. The molecule has 0 fully saturated rings. The second-order valence-electron chi connectivity index (χ2n) is 3.54. The second-order valence-corrected chi connectivity index (χ2v) is 3.54. The summed E-state index contributed by atoms with van der Waals surface area (Å²) in [6.45, 7) is 2.20. The molecule has 0 saturated carbocycles. The normalized spacial score (nSPS) is 19.6. The molecule has 2 rings (SSSR count). The molecule has 0 bridgehead atoms. The van der Waals surface area contributed by atoms with Gasteiger partial charge in [-0.3, -0.25) is 4.79 Å². The van der Waals surface area contributed by atoms with Crippen LogP contribution in [0.4, 0.5) is 5.69 Å². The molecule has 1 N–H and O–H groups in total. The van der Waals surface area contributed by atoms with Gasteiger partial charge in [0.05, 0.1) is 25.3 Å². The van der Waals surface area contributed by atoms with E-state index < -0.39 is 0 Å². The van der Waals surface area contributed by atoms with Gasteiger partial charge in [0.1, 0.15) is 0 Å². The summed E-state index contributed by atoms with van der Waals surface area (Å²) < 4.78 is 10.7. The number of para-hydroxylation sites is 1. The lowest BCUT2D eigenvalue weighted by atomic mass is 10.2. The van der Waals surface area contributed by atoms with Crippen molar-refractivity contribution < 1.29 is 14.3 Å². The Morgan fingerprint density at radius 1 is 1.53 bits per heavy atom. The summed E-state index contributed by atoms with van der Waals surface area (Å²) in [4.78, 5) is 11.5. The molecule has 4 heteroatoms. The van der Waals surface area contributed by atoms with E-state index in [2.05, 4.69) is 5.32 Å². The van der Waals surface area contributed by atoms with Gasteiger partial charge in [0.2, 0.25) is 5.91 Å². The molecule has 0 radical (unpaired) electrons. The number of nitrogens with one attached hydrogen (secondary N) is 1. The van der Waals surface area contributed by atoms with Crippen LogP contribution in [0.15, 0.2) is 18.2 Å². The van der Waals surface area contributed by atoms with Crippen molar-refractivity contribution in [3.05, 3.63) is 18.2 Å². The van der Waals surface area contributed by atoms with E-state index in [0.717, 1.165) is 0 Å². The van der Waals surface area contributed by atoms with Crippen LogP contribution in [0, 0.1) is 5.92 Å². The number of carbonyl (C=O) groups excluding carboxylic acids is 1. The Balaban J connectivity index is 2.42. The number of methoxy groups -OCH3 is 1. The molecule has 1 heterocycles. The third kappa shape index (κ3) is 1.75. The maximum absolute atomic E-state index is 11.5. The maximum atomic E-state index is 11.5. The standard InChI is InChI=1S/C11H13NO3/c1-7-6-15-10-8(12-11(7)13)4-3-5-9(10)14-2/h3-5,7H,6H2,1-2H3,(H,12,13). The summed E-state index contributed by atoms with van der Waals surface area (Å²) in [5.41, 5.74) is 0.670. The molecule has 0 spiro atoms. The number of fused-ring (bicyclic) bond motifs is 1. The lowest BCUT2D eigenvalue weighted by Crippen LogP contribution is -2.21. The Morgan fingerprint density at radius 3 is 3.07 bits per heavy atom. The predicted octanol–water partition coefficient (Wildman–Crippen LogP) is 1.66. The Bertz CT molecular complexity index is 389. The quantitative estimate of drug-likeness (QED) is 0.761. The minimum absolute atomic E-state index is 0.0259. The zero-order valence-corrected chi connectivity index (χ0v) is 8.74. The number of amides is 1. The highest BCUT2D eigenvalue weighted by Crippen LogP contribution is 2.36. The van der Waals surface area contributed by atoms with Gasteiger partial charge in [-0.15, -0.1) is 0 Å². The van der Waals surface area contributed by atoms with Gasteiger partial charge in [-0.25, -0.2) is 0 Å². The lowest BCUT2D eigenvalue weighted by Gasteiger charge is -2.10. The summed E-state index contributed by atoms with van der Waals surface area (Å²) in [5, 5.41) is 2.80. The molecule has 1 atom stereocenters. The summed E-state index contributed by atoms with van der Waals surface area (Å²) in [6.07, 6.45) is 0. The van der Waals surface area contributed by atoms with Crippen LogP contribution in [0.3, 0.4) is 0 Å². The number of rotatable bonds is 1. The average molecular weight is 207 g/mol. The van der Waals surface area contributed by atoms with Crippen LogP contribution in [0.5, 0.6) is 11.5 Å². The SMILES string of the molecule is COc1cccc2c1OCC(C)C(=O)N2. The van der Waals surface area contributed by atoms with E-state index in [0.29, 0.717) is 23.8 Å². The van der Waals surface area contributed by atoms with E-state index in [-0.39, 0.29) is 11.8 Å². The van der Waals surface area contributed by atoms with Crippen LogP contribution in [0.25, 0.3) is 0 Å². The number of benzene rings is 1. The third-order valence-electron chi connectivity index (χ3n) is 2.38. The first-order valence-corrected chi connectivity index (χ1v) is 4.83. The zero-order valence-electron chi connectivity index (χ0n) is 8.74. The molecule has 0 saturated heterocycles. The molecule has 1 aromatic rings. The van der Waals surface area contributed by atoms with Crippen LogP contribution in [-0.4, -0.2) is 19.6 Å². The summed E-state index contributed by atoms with van der Waals surface area (Å²) in [5.74, 6) is 1.07. The zero-order chi connectivity index (χ0) is 10.8. The van der Waals surface area contributed by atoms with E-state index in [9.17, 15) is 4.79 Å². The predicted molar refractivity (Wildman–Crippen MR) is 56.3 cm³/mol. The average Bonchev–Trinajstić information content (AvgIpc) is 2.39. The van der Waals surface area contributed by atoms with E-state index in [1.165, 1.54) is 0 Å². The van der Waals surface area contributed by atoms with Crippen LogP contribution < -0.4 is 14.8 Å². The lowest BCUT2D eigenvalue weighted by molar-refractivity contribution is -0.119. The van der Waals surface area contributed by atoms with Gasteiger partial charge in [0.15, 0.2) is 11.5 Å². The molecule has 1 unspecified atom stereocenters. The van der Waals surface area contributed by atoms with Crippen molar-refractivity contribution in [1.29, 1.82) is 0 Å². The molecular weight excluding hydrogens is 194 g/mol. The van der Waals surface area contributed by atoms with Crippen LogP contribution in [0.2, 0.25) is 0 Å². The molecule has 80 valence electrons. The fraction of sp³-hybridized carbons (Fsp3) is 0.364. The molecule has 1 aliphatic heterocycles. The molecule has 1 aliphatic rings. The van der Waals surface area contributed by atoms with Crippen LogP contribution in [0.1, 0.15) is 6.92 Å². The number of hydrogen-bond acceptors (Lipinski definition) is 3. The highest BCUT2D eigenvalue weighted by atomic mass is 16.5. The Labute approximate surface area is 88.2 Å². The van der Waals surface area contributed by atoms with Gasteiger partial charge < -0.3 is 14.8 Å². The first-order valence-electron chi connectivity index (χ1n) is 4.83. The van der Waals surface area contributed by atoms with E-state index >= 15 is 0 Å².